The molecule has 0 fully saturated rings. The summed E-state index contributed by atoms with van der Waals surface area (Å²) in [6, 6.07) is 29.7. The van der Waals surface area contributed by atoms with Crippen molar-refractivity contribution in [2.75, 3.05) is 0 Å². The van der Waals surface area contributed by atoms with Crippen LogP contribution in [0, 0.1) is 6.92 Å². The molecule has 6 rings (SSSR count). The Labute approximate surface area is 195 Å². The maximum Gasteiger partial charge on any atom is 0.0718 e. The number of hydrogen-bond acceptors (Lipinski definition) is 0. The molecule has 0 heterocycles. The van der Waals surface area contributed by atoms with Crippen molar-refractivity contribution >= 4 is 11.6 Å². The van der Waals surface area contributed by atoms with Gasteiger partial charge in [0.25, 0.3) is 0 Å². The Morgan fingerprint density at radius 2 is 1.34 bits per heavy atom. The molecule has 1 spiro atoms. The van der Waals surface area contributed by atoms with Gasteiger partial charge in [0, 0.05) is 5.02 Å². The standard InChI is InChI=1S/C31H27Cl/c1-19(2)21-11-14-28-23(17-21)10-9-22-16-20(3)8-13-27(22)31(28)29-7-5-4-6-25(29)26-18-24(32)12-15-30(26)31/h4-8,11-19H,9-10H2,1-3H3. The SMILES string of the molecule is Cc1ccc2c(c1)CCc1cc(C(C)C)ccc1C21c2ccccc2-c2cc(Cl)ccc21. The molecule has 0 bridgehead atoms. The van der Waals surface area contributed by atoms with Crippen molar-refractivity contribution in [3.8, 4) is 11.1 Å². The summed E-state index contributed by atoms with van der Waals surface area (Å²) in [7, 11) is 0. The smallest absolute Gasteiger partial charge is 0.0718 e. The molecule has 0 saturated heterocycles. The van der Waals surface area contributed by atoms with Gasteiger partial charge in [0.1, 0.15) is 0 Å². The van der Waals surface area contributed by atoms with Crippen LogP contribution in [0.15, 0.2) is 78.9 Å². The van der Waals surface area contributed by atoms with Gasteiger partial charge in [-0.25, -0.2) is 0 Å². The molecule has 32 heavy (non-hydrogen) atoms. The Balaban J connectivity index is 1.80. The van der Waals surface area contributed by atoms with Crippen molar-refractivity contribution in [3.63, 3.8) is 0 Å². The Morgan fingerprint density at radius 3 is 2.12 bits per heavy atom. The van der Waals surface area contributed by atoms with Crippen LogP contribution in [0.5, 0.6) is 0 Å². The molecule has 0 amide bonds. The number of rotatable bonds is 1. The lowest BCUT2D eigenvalue weighted by molar-refractivity contribution is 0.758. The first-order valence-electron chi connectivity index (χ1n) is 11.6. The van der Waals surface area contributed by atoms with E-state index in [1.807, 2.05) is 0 Å². The van der Waals surface area contributed by atoms with Gasteiger partial charge in [-0.15, -0.1) is 0 Å². The highest BCUT2D eigenvalue weighted by Gasteiger charge is 2.48. The first kappa shape index (κ1) is 19.8. The quantitative estimate of drug-likeness (QED) is 0.249. The van der Waals surface area contributed by atoms with Crippen LogP contribution in [-0.2, 0) is 18.3 Å². The predicted octanol–water partition coefficient (Wildman–Crippen LogP) is 8.23. The third-order valence-electron chi connectivity index (χ3n) is 7.54. The van der Waals surface area contributed by atoms with Crippen LogP contribution < -0.4 is 0 Å². The molecular weight excluding hydrogens is 408 g/mol. The van der Waals surface area contributed by atoms with Gasteiger partial charge in [-0.3, -0.25) is 0 Å². The molecule has 1 unspecified atom stereocenters. The van der Waals surface area contributed by atoms with Crippen molar-refractivity contribution in [2.24, 2.45) is 0 Å². The normalized spacial score (nSPS) is 18.2. The van der Waals surface area contributed by atoms with E-state index in [1.54, 1.807) is 0 Å². The molecular formula is C31H27Cl. The number of aryl methyl sites for hydroxylation is 3. The van der Waals surface area contributed by atoms with Crippen LogP contribution in [0.4, 0.5) is 0 Å². The Morgan fingerprint density at radius 1 is 0.688 bits per heavy atom. The Hall–Kier alpha value is -2.83. The fourth-order valence-electron chi connectivity index (χ4n) is 6.09. The van der Waals surface area contributed by atoms with Crippen molar-refractivity contribution in [3.05, 3.63) is 128 Å². The third-order valence-corrected chi connectivity index (χ3v) is 7.77. The third kappa shape index (κ3) is 2.63. The van der Waals surface area contributed by atoms with Gasteiger partial charge in [-0.05, 0) is 87.9 Å². The van der Waals surface area contributed by atoms with Crippen molar-refractivity contribution in [2.45, 2.75) is 44.9 Å². The van der Waals surface area contributed by atoms with E-state index in [1.165, 1.54) is 55.6 Å². The van der Waals surface area contributed by atoms with Gasteiger partial charge in [0.2, 0.25) is 0 Å². The van der Waals surface area contributed by atoms with Gasteiger partial charge < -0.3 is 0 Å². The zero-order valence-electron chi connectivity index (χ0n) is 18.9. The van der Waals surface area contributed by atoms with E-state index in [0.29, 0.717) is 5.92 Å². The van der Waals surface area contributed by atoms with E-state index >= 15 is 0 Å². The molecule has 4 aromatic rings. The highest BCUT2D eigenvalue weighted by molar-refractivity contribution is 6.31. The maximum atomic E-state index is 6.53. The molecule has 0 saturated carbocycles. The van der Waals surface area contributed by atoms with Crippen LogP contribution in [-0.4, -0.2) is 0 Å². The van der Waals surface area contributed by atoms with E-state index in [9.17, 15) is 0 Å². The summed E-state index contributed by atoms with van der Waals surface area (Å²) in [5, 5.41) is 0.795. The summed E-state index contributed by atoms with van der Waals surface area (Å²) in [6.07, 6.45) is 2.14. The van der Waals surface area contributed by atoms with E-state index in [0.717, 1.165) is 17.9 Å². The molecule has 0 radical (unpaired) electrons. The molecule has 0 N–H and O–H groups in total. The van der Waals surface area contributed by atoms with Crippen LogP contribution in [0.25, 0.3) is 11.1 Å². The van der Waals surface area contributed by atoms with Crippen LogP contribution in [0.2, 0.25) is 5.02 Å². The maximum absolute atomic E-state index is 6.53. The number of halogens is 1. The van der Waals surface area contributed by atoms with Gasteiger partial charge in [0.05, 0.1) is 5.41 Å². The van der Waals surface area contributed by atoms with Crippen LogP contribution >= 0.6 is 11.6 Å². The average molecular weight is 435 g/mol. The van der Waals surface area contributed by atoms with E-state index in [4.69, 9.17) is 11.6 Å². The average Bonchev–Trinajstić information content (AvgIpc) is 2.99. The molecule has 0 nitrogen and oxygen atoms in total. The lowest BCUT2D eigenvalue weighted by atomic mass is 9.66. The first-order chi connectivity index (χ1) is 15.5. The fourth-order valence-corrected chi connectivity index (χ4v) is 6.26. The summed E-state index contributed by atoms with van der Waals surface area (Å²) in [5.41, 5.74) is 13.5. The van der Waals surface area contributed by atoms with Crippen molar-refractivity contribution in [1.82, 2.24) is 0 Å². The van der Waals surface area contributed by atoms with Gasteiger partial charge in [-0.2, -0.15) is 0 Å². The molecule has 1 heteroatoms. The minimum atomic E-state index is -0.305. The summed E-state index contributed by atoms with van der Waals surface area (Å²) in [6.45, 7) is 6.78. The Kier molecular flexibility index (Phi) is 4.39. The van der Waals surface area contributed by atoms with Gasteiger partial charge in [-0.1, -0.05) is 97.7 Å². The Bertz CT molecular complexity index is 1380. The molecule has 158 valence electrons. The number of fused-ring (bicyclic) bond motifs is 9. The number of benzene rings is 4. The lowest BCUT2D eigenvalue weighted by Crippen LogP contribution is -2.30. The lowest BCUT2D eigenvalue weighted by Gasteiger charge is -2.35. The van der Waals surface area contributed by atoms with Crippen molar-refractivity contribution in [1.29, 1.82) is 0 Å². The highest BCUT2D eigenvalue weighted by Crippen LogP contribution is 2.58. The predicted molar refractivity (Wildman–Crippen MR) is 135 cm³/mol. The summed E-state index contributed by atoms with van der Waals surface area (Å²) in [5.74, 6) is 0.520. The van der Waals surface area contributed by atoms with E-state index < -0.39 is 0 Å². The van der Waals surface area contributed by atoms with Crippen LogP contribution in [0.1, 0.15) is 64.3 Å². The largest absolute Gasteiger partial charge is 0.0843 e. The monoisotopic (exact) mass is 434 g/mol. The second kappa shape index (κ2) is 7.09. The second-order valence-corrected chi connectivity index (χ2v) is 10.2. The topological polar surface area (TPSA) is 0 Å². The summed E-state index contributed by atoms with van der Waals surface area (Å²) < 4.78 is 0. The minimum absolute atomic E-state index is 0.305. The molecule has 2 aliphatic rings. The van der Waals surface area contributed by atoms with Gasteiger partial charge >= 0.3 is 0 Å². The first-order valence-corrected chi connectivity index (χ1v) is 12.0. The highest BCUT2D eigenvalue weighted by atomic mass is 35.5. The molecule has 0 aliphatic heterocycles. The zero-order chi connectivity index (χ0) is 22.0. The van der Waals surface area contributed by atoms with E-state index in [-0.39, 0.29) is 5.41 Å². The molecule has 0 aromatic heterocycles. The summed E-state index contributed by atoms with van der Waals surface area (Å²) >= 11 is 6.53. The molecule has 2 aliphatic carbocycles. The molecule has 4 aromatic carbocycles. The molecule has 1 atom stereocenters. The fraction of sp³-hybridized carbons (Fsp3) is 0.226. The van der Waals surface area contributed by atoms with E-state index in [2.05, 4.69) is 99.6 Å². The van der Waals surface area contributed by atoms with Crippen LogP contribution in [0.3, 0.4) is 0 Å². The van der Waals surface area contributed by atoms with Gasteiger partial charge in [0.15, 0.2) is 0 Å². The van der Waals surface area contributed by atoms with Crippen molar-refractivity contribution < 1.29 is 0 Å². The number of hydrogen-bond donors (Lipinski definition) is 0. The zero-order valence-corrected chi connectivity index (χ0v) is 19.6. The minimum Gasteiger partial charge on any atom is -0.0843 e. The summed E-state index contributed by atoms with van der Waals surface area (Å²) in [4.78, 5) is 0. The second-order valence-electron chi connectivity index (χ2n) is 9.72.